The van der Waals surface area contributed by atoms with Crippen molar-refractivity contribution in [2.75, 3.05) is 38.0 Å². The van der Waals surface area contributed by atoms with E-state index in [4.69, 9.17) is 0 Å². The third-order valence-corrected chi connectivity index (χ3v) is 5.28. The van der Waals surface area contributed by atoms with Crippen molar-refractivity contribution in [1.29, 1.82) is 0 Å². The molecule has 3 aromatic rings. The van der Waals surface area contributed by atoms with Crippen LogP contribution in [0.15, 0.2) is 48.5 Å². The molecule has 2 heterocycles. The summed E-state index contributed by atoms with van der Waals surface area (Å²) in [5.74, 6) is -2.24. The SMILES string of the molecule is O=C(CCN1CCN(C(=O)c2cc3ccccc3[nH]2)CC1)Nc1ccc(F)c(F)c1. The lowest BCUT2D eigenvalue weighted by Gasteiger charge is -2.34. The van der Waals surface area contributed by atoms with Gasteiger partial charge in [0.15, 0.2) is 11.6 Å². The van der Waals surface area contributed by atoms with E-state index in [-0.39, 0.29) is 23.9 Å². The molecule has 0 radical (unpaired) electrons. The maximum atomic E-state index is 13.2. The fourth-order valence-corrected chi connectivity index (χ4v) is 3.59. The van der Waals surface area contributed by atoms with E-state index in [1.54, 1.807) is 0 Å². The zero-order valence-corrected chi connectivity index (χ0v) is 16.3. The Morgan fingerprint density at radius 2 is 1.73 bits per heavy atom. The van der Waals surface area contributed by atoms with Gasteiger partial charge in [-0.15, -0.1) is 0 Å². The number of aromatic nitrogens is 1. The second kappa shape index (κ2) is 8.62. The first-order chi connectivity index (χ1) is 14.5. The molecule has 0 aliphatic carbocycles. The first-order valence-corrected chi connectivity index (χ1v) is 9.84. The summed E-state index contributed by atoms with van der Waals surface area (Å²) in [6.45, 7) is 3.04. The van der Waals surface area contributed by atoms with Gasteiger partial charge >= 0.3 is 0 Å². The predicted octanol–water partition coefficient (Wildman–Crippen LogP) is 3.23. The number of hydrogen-bond acceptors (Lipinski definition) is 3. The van der Waals surface area contributed by atoms with Crippen molar-refractivity contribution < 1.29 is 18.4 Å². The van der Waals surface area contributed by atoms with Crippen LogP contribution in [0.5, 0.6) is 0 Å². The van der Waals surface area contributed by atoms with Gasteiger partial charge in [-0.1, -0.05) is 18.2 Å². The van der Waals surface area contributed by atoms with E-state index in [1.165, 1.54) is 6.07 Å². The summed E-state index contributed by atoms with van der Waals surface area (Å²) in [6, 6.07) is 12.9. The molecule has 1 fully saturated rings. The number of nitrogens with zero attached hydrogens (tertiary/aromatic N) is 2. The second-order valence-corrected chi connectivity index (χ2v) is 7.33. The molecule has 156 valence electrons. The van der Waals surface area contributed by atoms with E-state index >= 15 is 0 Å². The average molecular weight is 412 g/mol. The lowest BCUT2D eigenvalue weighted by Crippen LogP contribution is -2.49. The molecule has 6 nitrogen and oxygen atoms in total. The Labute approximate surface area is 172 Å². The number of amides is 2. The highest BCUT2D eigenvalue weighted by atomic mass is 19.2. The number of nitrogens with one attached hydrogen (secondary N) is 2. The molecule has 1 saturated heterocycles. The van der Waals surface area contributed by atoms with Crippen molar-refractivity contribution in [3.8, 4) is 0 Å². The minimum atomic E-state index is -0.997. The van der Waals surface area contributed by atoms with Gasteiger partial charge in [0.2, 0.25) is 5.91 Å². The maximum absolute atomic E-state index is 13.2. The molecule has 0 unspecified atom stereocenters. The van der Waals surface area contributed by atoms with Gasteiger partial charge in [-0.3, -0.25) is 14.5 Å². The molecule has 30 heavy (non-hydrogen) atoms. The lowest BCUT2D eigenvalue weighted by atomic mass is 10.2. The normalized spacial score (nSPS) is 14.8. The predicted molar refractivity (Wildman–Crippen MR) is 110 cm³/mol. The zero-order valence-electron chi connectivity index (χ0n) is 16.3. The Hall–Kier alpha value is -3.26. The molecule has 1 aromatic heterocycles. The number of H-pyrrole nitrogens is 1. The van der Waals surface area contributed by atoms with Crippen LogP contribution in [0.3, 0.4) is 0 Å². The number of fused-ring (bicyclic) bond motifs is 1. The standard InChI is InChI=1S/C22H22F2N4O2/c23-17-6-5-16(14-18(17)24)25-21(29)7-8-27-9-11-28(12-10-27)22(30)20-13-15-3-1-2-4-19(15)26-20/h1-6,13-14,26H,7-12H2,(H,25,29). The monoisotopic (exact) mass is 412 g/mol. The highest BCUT2D eigenvalue weighted by molar-refractivity contribution is 5.98. The molecule has 4 rings (SSSR count). The number of aromatic amines is 1. The molecule has 0 bridgehead atoms. The molecule has 1 aliphatic rings. The number of anilines is 1. The first-order valence-electron chi connectivity index (χ1n) is 9.84. The number of halogens is 2. The van der Waals surface area contributed by atoms with Gasteiger partial charge in [0, 0.05) is 61.8 Å². The highest BCUT2D eigenvalue weighted by Gasteiger charge is 2.23. The zero-order chi connectivity index (χ0) is 21.1. The van der Waals surface area contributed by atoms with E-state index in [2.05, 4.69) is 15.2 Å². The molecule has 0 spiro atoms. The lowest BCUT2D eigenvalue weighted by molar-refractivity contribution is -0.116. The van der Waals surface area contributed by atoms with Gasteiger partial charge in [-0.05, 0) is 24.3 Å². The van der Waals surface area contributed by atoms with Crippen molar-refractivity contribution in [3.63, 3.8) is 0 Å². The minimum Gasteiger partial charge on any atom is -0.351 e. The van der Waals surface area contributed by atoms with E-state index < -0.39 is 11.6 Å². The molecule has 0 atom stereocenters. The molecule has 1 aliphatic heterocycles. The van der Waals surface area contributed by atoms with Crippen LogP contribution in [-0.2, 0) is 4.79 Å². The molecule has 2 aromatic carbocycles. The second-order valence-electron chi connectivity index (χ2n) is 7.33. The van der Waals surface area contributed by atoms with Crippen LogP contribution >= 0.6 is 0 Å². The quantitative estimate of drug-likeness (QED) is 0.676. The number of carbonyl (C=O) groups excluding carboxylic acids is 2. The van der Waals surface area contributed by atoms with Crippen LogP contribution in [-0.4, -0.2) is 59.3 Å². The summed E-state index contributed by atoms with van der Waals surface area (Å²) < 4.78 is 26.2. The van der Waals surface area contributed by atoms with Crippen LogP contribution in [0.4, 0.5) is 14.5 Å². The van der Waals surface area contributed by atoms with Gasteiger partial charge in [0.05, 0.1) is 0 Å². The van der Waals surface area contributed by atoms with Crippen LogP contribution in [0, 0.1) is 11.6 Å². The third kappa shape index (κ3) is 4.49. The van der Waals surface area contributed by atoms with Gasteiger partial charge in [0.25, 0.3) is 5.91 Å². The Kier molecular flexibility index (Phi) is 5.76. The van der Waals surface area contributed by atoms with Crippen LogP contribution in [0.2, 0.25) is 0 Å². The summed E-state index contributed by atoms with van der Waals surface area (Å²) >= 11 is 0. The largest absolute Gasteiger partial charge is 0.351 e. The summed E-state index contributed by atoms with van der Waals surface area (Å²) in [5, 5.41) is 3.58. The Morgan fingerprint density at radius 3 is 2.47 bits per heavy atom. The van der Waals surface area contributed by atoms with Crippen LogP contribution < -0.4 is 5.32 Å². The maximum Gasteiger partial charge on any atom is 0.270 e. The molecule has 8 heteroatoms. The fraction of sp³-hybridized carbons (Fsp3) is 0.273. The minimum absolute atomic E-state index is 0.0260. The van der Waals surface area contributed by atoms with Crippen molar-refractivity contribution in [1.82, 2.24) is 14.8 Å². The Morgan fingerprint density at radius 1 is 0.967 bits per heavy atom. The summed E-state index contributed by atoms with van der Waals surface area (Å²) in [6.07, 6.45) is 0.231. The highest BCUT2D eigenvalue weighted by Crippen LogP contribution is 2.17. The van der Waals surface area contributed by atoms with E-state index in [9.17, 15) is 18.4 Å². The molecular formula is C22H22F2N4O2. The number of hydrogen-bond donors (Lipinski definition) is 2. The average Bonchev–Trinajstić information content (AvgIpc) is 3.19. The number of benzene rings is 2. The van der Waals surface area contributed by atoms with Crippen molar-refractivity contribution in [3.05, 3.63) is 65.9 Å². The first kappa shape index (κ1) is 20.0. The summed E-state index contributed by atoms with van der Waals surface area (Å²) in [5.41, 5.74) is 1.75. The Balaban J connectivity index is 1.24. The molecular weight excluding hydrogens is 390 g/mol. The third-order valence-electron chi connectivity index (χ3n) is 5.28. The van der Waals surface area contributed by atoms with Crippen molar-refractivity contribution in [2.24, 2.45) is 0 Å². The van der Waals surface area contributed by atoms with Gasteiger partial charge in [-0.25, -0.2) is 8.78 Å². The van der Waals surface area contributed by atoms with Crippen LogP contribution in [0.25, 0.3) is 10.9 Å². The van der Waals surface area contributed by atoms with E-state index in [0.717, 1.165) is 23.0 Å². The van der Waals surface area contributed by atoms with E-state index in [1.807, 2.05) is 35.2 Å². The van der Waals surface area contributed by atoms with Crippen LogP contribution in [0.1, 0.15) is 16.9 Å². The number of carbonyl (C=O) groups is 2. The molecule has 2 N–H and O–H groups in total. The smallest absolute Gasteiger partial charge is 0.270 e. The number of piperazine rings is 1. The summed E-state index contributed by atoms with van der Waals surface area (Å²) in [4.78, 5) is 31.9. The number of para-hydroxylation sites is 1. The summed E-state index contributed by atoms with van der Waals surface area (Å²) in [7, 11) is 0. The van der Waals surface area contributed by atoms with E-state index in [0.29, 0.717) is 38.4 Å². The fourth-order valence-electron chi connectivity index (χ4n) is 3.59. The molecule has 2 amide bonds. The van der Waals surface area contributed by atoms with Gasteiger partial charge in [0.1, 0.15) is 5.69 Å². The number of rotatable bonds is 5. The van der Waals surface area contributed by atoms with Crippen molar-refractivity contribution in [2.45, 2.75) is 6.42 Å². The van der Waals surface area contributed by atoms with Gasteiger partial charge in [-0.2, -0.15) is 0 Å². The van der Waals surface area contributed by atoms with Gasteiger partial charge < -0.3 is 15.2 Å². The molecule has 0 saturated carbocycles. The Bertz CT molecular complexity index is 1040. The van der Waals surface area contributed by atoms with Crippen molar-refractivity contribution >= 4 is 28.4 Å². The topological polar surface area (TPSA) is 68.4 Å².